The van der Waals surface area contributed by atoms with E-state index in [0.717, 1.165) is 5.56 Å². The summed E-state index contributed by atoms with van der Waals surface area (Å²) in [6.07, 6.45) is 3.70. The van der Waals surface area contributed by atoms with Crippen LogP contribution in [0.3, 0.4) is 0 Å². The Kier molecular flexibility index (Phi) is 4.76. The van der Waals surface area contributed by atoms with Gasteiger partial charge in [0.2, 0.25) is 0 Å². The van der Waals surface area contributed by atoms with E-state index in [0.29, 0.717) is 29.3 Å². The summed E-state index contributed by atoms with van der Waals surface area (Å²) in [4.78, 5) is 13.0. The molecule has 0 saturated carbocycles. The molecule has 4 aromatic rings. The van der Waals surface area contributed by atoms with E-state index in [4.69, 9.17) is 0 Å². The van der Waals surface area contributed by atoms with Crippen LogP contribution in [0.2, 0.25) is 0 Å². The summed E-state index contributed by atoms with van der Waals surface area (Å²) in [5, 5.41) is 7.52. The first-order valence-corrected chi connectivity index (χ1v) is 8.94. The van der Waals surface area contributed by atoms with Crippen LogP contribution in [0.1, 0.15) is 21.6 Å². The molecule has 0 aliphatic carbocycles. The number of carbonyl (C=O) groups excluding carboxylic acids is 1. The molecule has 0 fully saturated rings. The molecular weight excluding hydrogens is 355 g/mol. The Morgan fingerprint density at radius 1 is 1.00 bits per heavy atom. The third-order valence-electron chi connectivity index (χ3n) is 4.48. The Morgan fingerprint density at radius 3 is 2.36 bits per heavy atom. The minimum absolute atomic E-state index is 0.210. The lowest BCUT2D eigenvalue weighted by Gasteiger charge is -2.11. The van der Waals surface area contributed by atoms with Gasteiger partial charge in [0.1, 0.15) is 11.4 Å². The van der Waals surface area contributed by atoms with Gasteiger partial charge in [-0.1, -0.05) is 30.3 Å². The molecule has 0 radical (unpaired) electrons. The molecule has 6 heteroatoms. The van der Waals surface area contributed by atoms with Gasteiger partial charge in [-0.25, -0.2) is 9.07 Å². The normalized spacial score (nSPS) is 10.8. The summed E-state index contributed by atoms with van der Waals surface area (Å²) in [6.45, 7) is 2.22. The molecule has 2 heterocycles. The zero-order chi connectivity index (χ0) is 19.5. The average molecular weight is 374 g/mol. The summed E-state index contributed by atoms with van der Waals surface area (Å²) < 4.78 is 16.8. The Balaban J connectivity index is 1.74. The van der Waals surface area contributed by atoms with Crippen molar-refractivity contribution < 1.29 is 9.18 Å². The van der Waals surface area contributed by atoms with Gasteiger partial charge in [-0.2, -0.15) is 5.10 Å². The van der Waals surface area contributed by atoms with E-state index in [1.807, 2.05) is 59.4 Å². The average Bonchev–Trinajstić information content (AvgIpc) is 3.35. The molecule has 28 heavy (non-hydrogen) atoms. The highest BCUT2D eigenvalue weighted by molar-refractivity contribution is 5.98. The lowest BCUT2D eigenvalue weighted by Crippen LogP contribution is -2.24. The number of nitrogens with one attached hydrogen (secondary N) is 1. The largest absolute Gasteiger partial charge is 0.348 e. The standard InChI is InChI=1S/C22H19FN4O/c1-16-20(21(28)24-15-17-7-3-2-4-8-17)22(26-13-5-6-14-26)27(25-16)19-11-9-18(23)10-12-19/h2-14H,15H2,1H3,(H,24,28). The van der Waals surface area contributed by atoms with E-state index < -0.39 is 0 Å². The van der Waals surface area contributed by atoms with E-state index in [2.05, 4.69) is 10.4 Å². The van der Waals surface area contributed by atoms with E-state index in [1.54, 1.807) is 23.7 Å². The van der Waals surface area contributed by atoms with Crippen molar-refractivity contribution in [3.63, 3.8) is 0 Å². The molecule has 0 unspecified atom stereocenters. The number of hydrogen-bond acceptors (Lipinski definition) is 2. The van der Waals surface area contributed by atoms with E-state index in [-0.39, 0.29) is 11.7 Å². The quantitative estimate of drug-likeness (QED) is 0.573. The van der Waals surface area contributed by atoms with E-state index in [9.17, 15) is 9.18 Å². The molecule has 1 amide bonds. The number of amides is 1. The molecule has 5 nitrogen and oxygen atoms in total. The van der Waals surface area contributed by atoms with Crippen LogP contribution in [0.15, 0.2) is 79.1 Å². The highest BCUT2D eigenvalue weighted by atomic mass is 19.1. The molecule has 0 aliphatic rings. The number of nitrogens with zero attached hydrogens (tertiary/aromatic N) is 3. The lowest BCUT2D eigenvalue weighted by atomic mass is 10.2. The summed E-state index contributed by atoms with van der Waals surface area (Å²) in [5.74, 6) is 0.0778. The maximum absolute atomic E-state index is 13.4. The third kappa shape index (κ3) is 3.44. The second-order valence-corrected chi connectivity index (χ2v) is 6.43. The van der Waals surface area contributed by atoms with Crippen LogP contribution >= 0.6 is 0 Å². The number of carbonyl (C=O) groups is 1. The second-order valence-electron chi connectivity index (χ2n) is 6.43. The molecule has 2 aromatic carbocycles. The first kappa shape index (κ1) is 17.7. The lowest BCUT2D eigenvalue weighted by molar-refractivity contribution is 0.0950. The van der Waals surface area contributed by atoms with Crippen LogP contribution in [0.4, 0.5) is 4.39 Å². The smallest absolute Gasteiger partial charge is 0.257 e. The molecule has 0 saturated heterocycles. The van der Waals surface area contributed by atoms with E-state index >= 15 is 0 Å². The monoisotopic (exact) mass is 374 g/mol. The zero-order valence-corrected chi connectivity index (χ0v) is 15.3. The van der Waals surface area contributed by atoms with Crippen LogP contribution in [-0.2, 0) is 6.54 Å². The molecular formula is C22H19FN4O. The summed E-state index contributed by atoms with van der Waals surface area (Å²) in [6, 6.07) is 19.5. The highest BCUT2D eigenvalue weighted by Gasteiger charge is 2.23. The minimum atomic E-state index is -0.323. The van der Waals surface area contributed by atoms with Gasteiger partial charge in [-0.15, -0.1) is 0 Å². The number of rotatable bonds is 5. The van der Waals surface area contributed by atoms with Gasteiger partial charge >= 0.3 is 0 Å². The van der Waals surface area contributed by atoms with Crippen molar-refractivity contribution in [1.82, 2.24) is 19.7 Å². The van der Waals surface area contributed by atoms with Gasteiger partial charge in [0.05, 0.1) is 11.4 Å². The molecule has 0 spiro atoms. The number of aryl methyl sites for hydroxylation is 1. The second kappa shape index (κ2) is 7.52. The Hall–Kier alpha value is -3.67. The summed E-state index contributed by atoms with van der Waals surface area (Å²) in [7, 11) is 0. The summed E-state index contributed by atoms with van der Waals surface area (Å²) in [5.41, 5.74) is 2.77. The molecule has 0 aliphatic heterocycles. The Morgan fingerprint density at radius 2 is 1.68 bits per heavy atom. The predicted molar refractivity (Wildman–Crippen MR) is 105 cm³/mol. The molecule has 140 valence electrons. The van der Waals surface area contributed by atoms with Gasteiger partial charge in [0.15, 0.2) is 5.82 Å². The van der Waals surface area contributed by atoms with Crippen molar-refractivity contribution >= 4 is 5.91 Å². The fourth-order valence-corrected chi connectivity index (χ4v) is 3.12. The zero-order valence-electron chi connectivity index (χ0n) is 15.3. The van der Waals surface area contributed by atoms with Crippen molar-refractivity contribution in [2.24, 2.45) is 0 Å². The molecule has 1 N–H and O–H groups in total. The molecule has 2 aromatic heterocycles. The van der Waals surface area contributed by atoms with Crippen LogP contribution in [0, 0.1) is 12.7 Å². The third-order valence-corrected chi connectivity index (χ3v) is 4.48. The van der Waals surface area contributed by atoms with Gasteiger partial charge < -0.3 is 9.88 Å². The van der Waals surface area contributed by atoms with Gasteiger partial charge in [0.25, 0.3) is 5.91 Å². The van der Waals surface area contributed by atoms with Gasteiger partial charge in [-0.3, -0.25) is 4.79 Å². The molecule has 0 bridgehead atoms. The maximum atomic E-state index is 13.4. The van der Waals surface area contributed by atoms with Crippen molar-refractivity contribution in [2.75, 3.05) is 0 Å². The highest BCUT2D eigenvalue weighted by Crippen LogP contribution is 2.23. The fraction of sp³-hybridized carbons (Fsp3) is 0.0909. The van der Waals surface area contributed by atoms with Gasteiger partial charge in [-0.05, 0) is 48.9 Å². The van der Waals surface area contributed by atoms with Crippen molar-refractivity contribution in [1.29, 1.82) is 0 Å². The topological polar surface area (TPSA) is 51.9 Å². The van der Waals surface area contributed by atoms with Crippen molar-refractivity contribution in [3.05, 3.63) is 102 Å². The maximum Gasteiger partial charge on any atom is 0.257 e. The Labute approximate surface area is 162 Å². The van der Waals surface area contributed by atoms with Crippen molar-refractivity contribution in [3.8, 4) is 11.5 Å². The van der Waals surface area contributed by atoms with Gasteiger partial charge in [0, 0.05) is 18.9 Å². The van der Waals surface area contributed by atoms with Crippen LogP contribution in [-0.4, -0.2) is 20.3 Å². The SMILES string of the molecule is Cc1nn(-c2ccc(F)cc2)c(-n2cccc2)c1C(=O)NCc1ccccc1. The number of benzene rings is 2. The number of hydrogen-bond donors (Lipinski definition) is 1. The molecule has 0 atom stereocenters. The first-order chi connectivity index (χ1) is 13.6. The number of halogens is 1. The summed E-state index contributed by atoms with van der Waals surface area (Å²) >= 11 is 0. The van der Waals surface area contributed by atoms with Crippen LogP contribution in [0.25, 0.3) is 11.5 Å². The van der Waals surface area contributed by atoms with Crippen molar-refractivity contribution in [2.45, 2.75) is 13.5 Å². The number of aromatic nitrogens is 3. The van der Waals surface area contributed by atoms with Crippen LogP contribution < -0.4 is 5.32 Å². The fourth-order valence-electron chi connectivity index (χ4n) is 3.12. The predicted octanol–water partition coefficient (Wildman–Crippen LogP) is 4.04. The van der Waals surface area contributed by atoms with E-state index in [1.165, 1.54) is 12.1 Å². The van der Waals surface area contributed by atoms with Crippen LogP contribution in [0.5, 0.6) is 0 Å². The Bertz CT molecular complexity index is 1080. The molecule has 4 rings (SSSR count). The minimum Gasteiger partial charge on any atom is -0.348 e. The first-order valence-electron chi connectivity index (χ1n) is 8.94.